The number of thiophene rings is 2. The van der Waals surface area contributed by atoms with Gasteiger partial charge in [0.2, 0.25) is 11.8 Å². The van der Waals surface area contributed by atoms with E-state index in [0.29, 0.717) is 42.8 Å². The van der Waals surface area contributed by atoms with Crippen LogP contribution in [0.5, 0.6) is 0 Å². The molecule has 158 valence electrons. The van der Waals surface area contributed by atoms with Gasteiger partial charge in [-0.2, -0.15) is 0 Å². The molecule has 1 saturated heterocycles. The lowest BCUT2D eigenvalue weighted by Gasteiger charge is -2.29. The van der Waals surface area contributed by atoms with Crippen LogP contribution in [0.1, 0.15) is 28.4 Å². The Morgan fingerprint density at radius 3 is 2.83 bits per heavy atom. The van der Waals surface area contributed by atoms with Crippen LogP contribution in [-0.2, 0) is 16.1 Å². The lowest BCUT2D eigenvalue weighted by Crippen LogP contribution is -2.48. The summed E-state index contributed by atoms with van der Waals surface area (Å²) in [6.45, 7) is 1.51. The number of likely N-dealkylation sites (tertiary alicyclic amines) is 1. The molecule has 3 aromatic heterocycles. The average molecular weight is 447 g/mol. The van der Waals surface area contributed by atoms with Gasteiger partial charge in [-0.1, -0.05) is 12.1 Å². The summed E-state index contributed by atoms with van der Waals surface area (Å²) in [4.78, 5) is 31.1. The maximum Gasteiger partial charge on any atom is 0.264 e. The first-order chi connectivity index (χ1) is 14.7. The first kappa shape index (κ1) is 20.7. The Morgan fingerprint density at radius 2 is 2.10 bits per heavy atom. The SMILES string of the molecule is COCCN(Cc1nnc(-c2cccs2)o1)C(=O)[C@@H]1CCCN1C(=O)c1cccs1. The third-order valence-corrected chi connectivity index (χ3v) is 6.65. The Hall–Kier alpha value is -2.56. The number of nitrogens with zero attached hydrogens (tertiary/aromatic N) is 4. The summed E-state index contributed by atoms with van der Waals surface area (Å²) < 4.78 is 10.9. The summed E-state index contributed by atoms with van der Waals surface area (Å²) in [6.07, 6.45) is 1.44. The van der Waals surface area contributed by atoms with Crippen molar-refractivity contribution in [2.45, 2.75) is 25.4 Å². The van der Waals surface area contributed by atoms with Gasteiger partial charge in [0.05, 0.1) is 22.9 Å². The molecule has 1 aliphatic rings. The minimum atomic E-state index is -0.490. The molecular weight excluding hydrogens is 424 g/mol. The van der Waals surface area contributed by atoms with E-state index in [-0.39, 0.29) is 18.4 Å². The van der Waals surface area contributed by atoms with Gasteiger partial charge in [0.1, 0.15) is 6.04 Å². The Balaban J connectivity index is 1.49. The highest BCUT2D eigenvalue weighted by atomic mass is 32.1. The number of amides is 2. The number of hydrogen-bond acceptors (Lipinski definition) is 8. The number of ether oxygens (including phenoxy) is 1. The highest BCUT2D eigenvalue weighted by molar-refractivity contribution is 7.13. The van der Waals surface area contributed by atoms with Crippen LogP contribution in [0.2, 0.25) is 0 Å². The fourth-order valence-corrected chi connectivity index (χ4v) is 4.79. The van der Waals surface area contributed by atoms with Gasteiger partial charge in [-0.3, -0.25) is 9.59 Å². The van der Waals surface area contributed by atoms with Gasteiger partial charge in [0, 0.05) is 20.2 Å². The Bertz CT molecular complexity index is 971. The standard InChI is InChI=1S/C20H22N4O4S2/c1-27-10-9-23(13-17-21-22-18(28-17)15-6-3-11-29-15)19(25)14-5-2-8-24(14)20(26)16-7-4-12-30-16/h3-4,6-7,11-12,14H,2,5,8-10,13H2,1H3/t14-/m0/s1. The smallest absolute Gasteiger partial charge is 0.264 e. The summed E-state index contributed by atoms with van der Waals surface area (Å²) in [5.74, 6) is 0.585. The van der Waals surface area contributed by atoms with E-state index in [9.17, 15) is 9.59 Å². The van der Waals surface area contributed by atoms with Crippen LogP contribution in [0.3, 0.4) is 0 Å². The zero-order valence-electron chi connectivity index (χ0n) is 16.5. The van der Waals surface area contributed by atoms with Gasteiger partial charge in [0.25, 0.3) is 11.8 Å². The van der Waals surface area contributed by atoms with E-state index in [1.165, 1.54) is 22.7 Å². The van der Waals surface area contributed by atoms with Gasteiger partial charge >= 0.3 is 0 Å². The van der Waals surface area contributed by atoms with Crippen molar-refractivity contribution in [2.24, 2.45) is 0 Å². The minimum Gasteiger partial charge on any atom is -0.418 e. The van der Waals surface area contributed by atoms with Gasteiger partial charge < -0.3 is 19.0 Å². The van der Waals surface area contributed by atoms with Gasteiger partial charge in [0.15, 0.2) is 0 Å². The van der Waals surface area contributed by atoms with E-state index in [4.69, 9.17) is 9.15 Å². The number of methoxy groups -OCH3 is 1. The third-order valence-electron chi connectivity index (χ3n) is 4.93. The minimum absolute atomic E-state index is 0.0923. The highest BCUT2D eigenvalue weighted by Crippen LogP contribution is 2.26. The van der Waals surface area contributed by atoms with Crippen molar-refractivity contribution in [1.29, 1.82) is 0 Å². The van der Waals surface area contributed by atoms with Crippen molar-refractivity contribution in [3.8, 4) is 10.8 Å². The molecular formula is C20H22N4O4S2. The fraction of sp³-hybridized carbons (Fsp3) is 0.400. The molecule has 10 heteroatoms. The molecule has 0 unspecified atom stereocenters. The lowest BCUT2D eigenvalue weighted by atomic mass is 10.2. The lowest BCUT2D eigenvalue weighted by molar-refractivity contribution is -0.136. The average Bonchev–Trinajstić information content (AvgIpc) is 3.57. The predicted octanol–water partition coefficient (Wildman–Crippen LogP) is 3.14. The van der Waals surface area contributed by atoms with Crippen molar-refractivity contribution in [2.75, 3.05) is 26.8 Å². The molecule has 2 amide bonds. The van der Waals surface area contributed by atoms with Gasteiger partial charge in [-0.25, -0.2) is 0 Å². The van der Waals surface area contributed by atoms with E-state index >= 15 is 0 Å². The summed E-state index contributed by atoms with van der Waals surface area (Å²) in [6, 6.07) is 6.97. The normalized spacial score (nSPS) is 16.2. The van der Waals surface area contributed by atoms with Crippen LogP contribution in [0.4, 0.5) is 0 Å². The molecule has 0 radical (unpaired) electrons. The first-order valence-electron chi connectivity index (χ1n) is 9.66. The van der Waals surface area contributed by atoms with E-state index in [2.05, 4.69) is 10.2 Å². The highest BCUT2D eigenvalue weighted by Gasteiger charge is 2.37. The second kappa shape index (κ2) is 9.50. The maximum absolute atomic E-state index is 13.4. The number of aromatic nitrogens is 2. The van der Waals surface area contributed by atoms with Crippen molar-refractivity contribution >= 4 is 34.5 Å². The summed E-state index contributed by atoms with van der Waals surface area (Å²) in [5.41, 5.74) is 0. The molecule has 1 fully saturated rings. The van der Waals surface area contributed by atoms with Crippen LogP contribution in [0, 0.1) is 0 Å². The molecule has 8 nitrogen and oxygen atoms in total. The first-order valence-corrected chi connectivity index (χ1v) is 11.4. The van der Waals surface area contributed by atoms with Crippen LogP contribution in [-0.4, -0.2) is 64.7 Å². The second-order valence-corrected chi connectivity index (χ2v) is 8.76. The number of carbonyl (C=O) groups excluding carboxylic acids is 2. The maximum atomic E-state index is 13.4. The van der Waals surface area contributed by atoms with Crippen molar-refractivity contribution in [1.82, 2.24) is 20.0 Å². The van der Waals surface area contributed by atoms with Crippen molar-refractivity contribution in [3.63, 3.8) is 0 Å². The van der Waals surface area contributed by atoms with E-state index in [1.807, 2.05) is 29.0 Å². The van der Waals surface area contributed by atoms with Gasteiger partial charge in [-0.05, 0) is 35.7 Å². The quantitative estimate of drug-likeness (QED) is 0.528. The molecule has 4 heterocycles. The van der Waals surface area contributed by atoms with E-state index in [1.54, 1.807) is 23.0 Å². The summed E-state index contributed by atoms with van der Waals surface area (Å²) >= 11 is 2.90. The molecule has 0 saturated carbocycles. The van der Waals surface area contributed by atoms with Crippen LogP contribution in [0.15, 0.2) is 39.4 Å². The largest absolute Gasteiger partial charge is 0.418 e. The Morgan fingerprint density at radius 1 is 1.27 bits per heavy atom. The number of rotatable bonds is 8. The molecule has 0 N–H and O–H groups in total. The van der Waals surface area contributed by atoms with E-state index < -0.39 is 6.04 Å². The molecule has 0 spiro atoms. The zero-order valence-corrected chi connectivity index (χ0v) is 18.2. The summed E-state index contributed by atoms with van der Waals surface area (Å²) in [5, 5.41) is 12.0. The van der Waals surface area contributed by atoms with E-state index in [0.717, 1.165) is 11.3 Å². The molecule has 30 heavy (non-hydrogen) atoms. The third kappa shape index (κ3) is 4.45. The molecule has 0 aromatic carbocycles. The van der Waals surface area contributed by atoms with Crippen molar-refractivity contribution < 1.29 is 18.7 Å². The van der Waals surface area contributed by atoms with Crippen LogP contribution in [0.25, 0.3) is 10.8 Å². The molecule has 0 aliphatic carbocycles. The molecule has 1 aliphatic heterocycles. The predicted molar refractivity (Wildman–Crippen MR) is 113 cm³/mol. The molecule has 0 bridgehead atoms. The van der Waals surface area contributed by atoms with Gasteiger partial charge in [-0.15, -0.1) is 32.9 Å². The fourth-order valence-electron chi connectivity index (χ4n) is 3.47. The Kier molecular flexibility index (Phi) is 6.56. The molecule has 4 rings (SSSR count). The number of carbonyl (C=O) groups is 2. The zero-order chi connectivity index (χ0) is 20.9. The van der Waals surface area contributed by atoms with Crippen LogP contribution >= 0.6 is 22.7 Å². The molecule has 1 atom stereocenters. The van der Waals surface area contributed by atoms with Crippen LogP contribution < -0.4 is 0 Å². The Labute approximate surface area is 182 Å². The summed E-state index contributed by atoms with van der Waals surface area (Å²) in [7, 11) is 1.59. The topological polar surface area (TPSA) is 88.8 Å². The molecule has 3 aromatic rings. The number of hydrogen-bond donors (Lipinski definition) is 0. The van der Waals surface area contributed by atoms with Crippen molar-refractivity contribution in [3.05, 3.63) is 45.8 Å². The second-order valence-electron chi connectivity index (χ2n) is 6.86. The monoisotopic (exact) mass is 446 g/mol.